The second-order valence-electron chi connectivity index (χ2n) is 9.97. The van der Waals surface area contributed by atoms with E-state index in [1.165, 1.54) is 16.9 Å². The third-order valence-electron chi connectivity index (χ3n) is 6.86. The Balaban J connectivity index is 1.51. The fraction of sp³-hybridized carbons (Fsp3) is 0.242. The largest absolute Gasteiger partial charge is 0.489 e. The summed E-state index contributed by atoms with van der Waals surface area (Å²) < 4.78 is 13.5. The van der Waals surface area contributed by atoms with Gasteiger partial charge in [-0.15, -0.1) is 0 Å². The first-order valence-corrected chi connectivity index (χ1v) is 14.2. The van der Waals surface area contributed by atoms with E-state index in [-0.39, 0.29) is 12.2 Å². The van der Waals surface area contributed by atoms with E-state index in [4.69, 9.17) is 9.47 Å². The molecule has 0 radical (unpaired) electrons. The fourth-order valence-corrected chi connectivity index (χ4v) is 5.77. The maximum Gasteiger partial charge on any atom is 0.338 e. The lowest BCUT2D eigenvalue weighted by molar-refractivity contribution is -0.139. The summed E-state index contributed by atoms with van der Waals surface area (Å²) in [5.41, 5.74) is 4.75. The number of benzene rings is 3. The molecule has 2 heterocycles. The molecule has 1 aromatic heterocycles. The quantitative estimate of drug-likeness (QED) is 0.271. The highest BCUT2D eigenvalue weighted by atomic mass is 32.1. The van der Waals surface area contributed by atoms with Crippen LogP contribution in [0.2, 0.25) is 0 Å². The number of thiazole rings is 1. The molecule has 0 aliphatic carbocycles. The summed E-state index contributed by atoms with van der Waals surface area (Å²) in [5, 5.41) is 0. The van der Waals surface area contributed by atoms with Crippen LogP contribution >= 0.6 is 11.3 Å². The van der Waals surface area contributed by atoms with Gasteiger partial charge in [-0.3, -0.25) is 9.36 Å². The average molecular weight is 553 g/mol. The van der Waals surface area contributed by atoms with E-state index in [2.05, 4.69) is 31.0 Å². The smallest absolute Gasteiger partial charge is 0.338 e. The normalized spacial score (nSPS) is 15.1. The van der Waals surface area contributed by atoms with Gasteiger partial charge >= 0.3 is 5.97 Å². The summed E-state index contributed by atoms with van der Waals surface area (Å²) in [6.07, 6.45) is 1.85. The minimum absolute atomic E-state index is 0.194. The molecule has 6 nitrogen and oxygen atoms in total. The molecule has 0 N–H and O–H groups in total. The van der Waals surface area contributed by atoms with Gasteiger partial charge < -0.3 is 9.47 Å². The van der Waals surface area contributed by atoms with Crippen LogP contribution in [0.3, 0.4) is 0 Å². The number of esters is 1. The molecule has 204 valence electrons. The van der Waals surface area contributed by atoms with Crippen molar-refractivity contribution in [2.75, 3.05) is 6.61 Å². The summed E-state index contributed by atoms with van der Waals surface area (Å²) in [4.78, 5) is 32.1. The van der Waals surface area contributed by atoms with Gasteiger partial charge in [0, 0.05) is 0 Å². The Hall–Kier alpha value is -4.23. The first-order chi connectivity index (χ1) is 19.4. The van der Waals surface area contributed by atoms with E-state index in [9.17, 15) is 9.59 Å². The molecule has 4 aromatic rings. The van der Waals surface area contributed by atoms with Crippen LogP contribution in [0.25, 0.3) is 6.08 Å². The number of ether oxygens (including phenoxy) is 2. The second-order valence-corrected chi connectivity index (χ2v) is 11.0. The zero-order chi connectivity index (χ0) is 28.2. The maximum absolute atomic E-state index is 13.8. The molecule has 40 heavy (non-hydrogen) atoms. The highest BCUT2D eigenvalue weighted by molar-refractivity contribution is 7.07. The summed E-state index contributed by atoms with van der Waals surface area (Å²) >= 11 is 1.32. The van der Waals surface area contributed by atoms with Crippen molar-refractivity contribution in [2.45, 2.75) is 46.3 Å². The lowest BCUT2D eigenvalue weighted by atomic mass is 9.93. The van der Waals surface area contributed by atoms with Gasteiger partial charge in [-0.05, 0) is 60.2 Å². The summed E-state index contributed by atoms with van der Waals surface area (Å²) in [7, 11) is 0. The first-order valence-electron chi connectivity index (χ1n) is 13.4. The van der Waals surface area contributed by atoms with Crippen LogP contribution in [-0.2, 0) is 16.1 Å². The maximum atomic E-state index is 13.8. The van der Waals surface area contributed by atoms with Gasteiger partial charge in [0.05, 0.1) is 28.5 Å². The van der Waals surface area contributed by atoms with Crippen LogP contribution in [0.5, 0.6) is 5.75 Å². The van der Waals surface area contributed by atoms with Crippen molar-refractivity contribution in [2.24, 2.45) is 4.99 Å². The zero-order valence-corrected chi connectivity index (χ0v) is 23.9. The Bertz CT molecular complexity index is 1710. The van der Waals surface area contributed by atoms with Gasteiger partial charge in [0.15, 0.2) is 4.80 Å². The number of allylic oxidation sites excluding steroid dienone is 1. The van der Waals surface area contributed by atoms with E-state index in [1.54, 1.807) is 18.4 Å². The lowest BCUT2D eigenvalue weighted by Gasteiger charge is -2.25. The molecule has 5 rings (SSSR count). The minimum atomic E-state index is -0.618. The Labute approximate surface area is 237 Å². The predicted octanol–water partition coefficient (Wildman–Crippen LogP) is 5.50. The van der Waals surface area contributed by atoms with Crippen molar-refractivity contribution in [3.63, 3.8) is 0 Å². The van der Waals surface area contributed by atoms with Crippen molar-refractivity contribution in [3.8, 4) is 5.75 Å². The van der Waals surface area contributed by atoms with Crippen LogP contribution < -0.4 is 19.6 Å². The lowest BCUT2D eigenvalue weighted by Crippen LogP contribution is -2.39. The Kier molecular flexibility index (Phi) is 8.12. The molecule has 1 atom stereocenters. The molecule has 0 unspecified atom stereocenters. The molecule has 7 heteroatoms. The molecule has 0 bridgehead atoms. The van der Waals surface area contributed by atoms with Crippen LogP contribution in [0.15, 0.2) is 99.9 Å². The molecule has 0 saturated heterocycles. The van der Waals surface area contributed by atoms with Gasteiger partial charge in [0.25, 0.3) is 5.56 Å². The molecule has 0 spiro atoms. The second kappa shape index (κ2) is 11.9. The van der Waals surface area contributed by atoms with Crippen LogP contribution in [0.4, 0.5) is 0 Å². The van der Waals surface area contributed by atoms with Crippen molar-refractivity contribution in [1.29, 1.82) is 0 Å². The Morgan fingerprint density at radius 1 is 1.02 bits per heavy atom. The van der Waals surface area contributed by atoms with Gasteiger partial charge in [0.1, 0.15) is 12.4 Å². The van der Waals surface area contributed by atoms with E-state index in [0.717, 1.165) is 22.4 Å². The molecule has 0 fully saturated rings. The van der Waals surface area contributed by atoms with E-state index < -0.39 is 12.0 Å². The first kappa shape index (κ1) is 27.3. The van der Waals surface area contributed by atoms with Crippen molar-refractivity contribution < 1.29 is 14.3 Å². The van der Waals surface area contributed by atoms with Gasteiger partial charge in [-0.1, -0.05) is 91.9 Å². The van der Waals surface area contributed by atoms with Gasteiger partial charge in [0.2, 0.25) is 0 Å². The third kappa shape index (κ3) is 5.70. The molecule has 3 aromatic carbocycles. The zero-order valence-electron chi connectivity index (χ0n) is 23.1. The number of hydrogen-bond acceptors (Lipinski definition) is 6. The van der Waals surface area contributed by atoms with Crippen molar-refractivity contribution in [3.05, 3.63) is 132 Å². The highest BCUT2D eigenvalue weighted by Gasteiger charge is 2.33. The van der Waals surface area contributed by atoms with Gasteiger partial charge in [-0.25, -0.2) is 9.79 Å². The fourth-order valence-electron chi connectivity index (χ4n) is 4.72. The summed E-state index contributed by atoms with van der Waals surface area (Å²) in [6.45, 7) is 8.56. The summed E-state index contributed by atoms with van der Waals surface area (Å²) in [6, 6.07) is 25.1. The SMILES string of the molecule is CCOC(=O)C1=C(C)N=c2s/c(=C\c3ccc(OCc4ccccc4)cc3)c(=O)n2[C@H]1c1ccc(C(C)C)cc1. The van der Waals surface area contributed by atoms with Crippen LogP contribution in [0, 0.1) is 0 Å². The number of hydrogen-bond donors (Lipinski definition) is 0. The highest BCUT2D eigenvalue weighted by Crippen LogP contribution is 2.31. The number of fused-ring (bicyclic) bond motifs is 1. The van der Waals surface area contributed by atoms with Crippen LogP contribution in [0.1, 0.15) is 61.9 Å². The van der Waals surface area contributed by atoms with Crippen molar-refractivity contribution >= 4 is 23.4 Å². The Morgan fingerprint density at radius 3 is 2.38 bits per heavy atom. The number of carbonyl (C=O) groups is 1. The number of carbonyl (C=O) groups excluding carboxylic acids is 1. The van der Waals surface area contributed by atoms with Gasteiger partial charge in [-0.2, -0.15) is 0 Å². The number of aromatic nitrogens is 1. The molecule has 1 aliphatic heterocycles. The number of nitrogens with zero attached hydrogens (tertiary/aromatic N) is 2. The topological polar surface area (TPSA) is 69.9 Å². The standard InChI is InChI=1S/C33H32N2O4S/c1-5-38-32(37)29-22(4)34-33-35(30(29)26-15-13-25(14-16-26)21(2)3)31(36)28(40-33)19-23-11-17-27(18-12-23)39-20-24-9-7-6-8-10-24/h6-19,21,30H,5,20H2,1-4H3/b28-19-/t30-/m0/s1. The monoisotopic (exact) mass is 552 g/mol. The van der Waals surface area contributed by atoms with E-state index in [1.807, 2.05) is 72.8 Å². The molecule has 1 aliphatic rings. The summed E-state index contributed by atoms with van der Waals surface area (Å²) in [5.74, 6) is 0.664. The van der Waals surface area contributed by atoms with Crippen molar-refractivity contribution in [1.82, 2.24) is 4.57 Å². The molecular formula is C33H32N2O4S. The molecular weight excluding hydrogens is 520 g/mol. The Morgan fingerprint density at radius 2 is 1.73 bits per heavy atom. The van der Waals surface area contributed by atoms with E-state index >= 15 is 0 Å². The third-order valence-corrected chi connectivity index (χ3v) is 7.85. The average Bonchev–Trinajstić information content (AvgIpc) is 3.26. The molecule has 0 amide bonds. The number of rotatable bonds is 8. The molecule has 0 saturated carbocycles. The van der Waals surface area contributed by atoms with Crippen LogP contribution in [-0.4, -0.2) is 17.1 Å². The minimum Gasteiger partial charge on any atom is -0.489 e. The van der Waals surface area contributed by atoms with E-state index in [0.29, 0.717) is 33.1 Å². The predicted molar refractivity (Wildman–Crippen MR) is 158 cm³/mol.